The van der Waals surface area contributed by atoms with Crippen molar-refractivity contribution >= 4 is 23.1 Å². The highest BCUT2D eigenvalue weighted by Crippen LogP contribution is 2.27. The highest BCUT2D eigenvalue weighted by Gasteiger charge is 2.39. The maximum Gasteiger partial charge on any atom is 0.263 e. The predicted molar refractivity (Wildman–Crippen MR) is 108 cm³/mol. The smallest absolute Gasteiger partial charge is 0.263 e. The lowest BCUT2D eigenvalue weighted by Crippen LogP contribution is -2.33. The number of carbonyl (C=O) groups excluding carboxylic acids is 2. The van der Waals surface area contributed by atoms with Gasteiger partial charge >= 0.3 is 0 Å². The third kappa shape index (κ3) is 3.67. The molecule has 1 unspecified atom stereocenters. The van der Waals surface area contributed by atoms with E-state index in [-0.39, 0.29) is 18.1 Å². The van der Waals surface area contributed by atoms with Crippen molar-refractivity contribution in [2.24, 2.45) is 11.0 Å². The largest absolute Gasteiger partial charge is 0.481 e. The minimum absolute atomic E-state index is 0.131. The first-order valence-electron chi connectivity index (χ1n) is 9.11. The summed E-state index contributed by atoms with van der Waals surface area (Å²) in [5, 5.41) is 5.51. The van der Waals surface area contributed by atoms with E-state index in [0.717, 1.165) is 16.9 Å². The van der Waals surface area contributed by atoms with Crippen LogP contribution in [0.2, 0.25) is 0 Å². The predicted octanol–water partition coefficient (Wildman–Crippen LogP) is 3.50. The Hall–Kier alpha value is -3.74. The summed E-state index contributed by atoms with van der Waals surface area (Å²) in [5.41, 5.74) is 2.66. The minimum atomic E-state index is -0.899. The average molecular weight is 389 g/mol. The number of hydrogen-bond donors (Lipinski definition) is 0. The van der Waals surface area contributed by atoms with Crippen molar-refractivity contribution in [2.45, 2.75) is 13.3 Å². The van der Waals surface area contributed by atoms with Crippen LogP contribution in [-0.4, -0.2) is 29.5 Å². The van der Waals surface area contributed by atoms with Gasteiger partial charge < -0.3 is 9.15 Å². The summed E-state index contributed by atoms with van der Waals surface area (Å²) in [5.74, 6) is -0.305. The van der Waals surface area contributed by atoms with Crippen molar-refractivity contribution in [2.75, 3.05) is 12.1 Å². The Kier molecular flexibility index (Phi) is 4.95. The van der Waals surface area contributed by atoms with Gasteiger partial charge in [0.25, 0.3) is 5.91 Å². The van der Waals surface area contributed by atoms with Crippen molar-refractivity contribution in [1.29, 1.82) is 0 Å². The molecule has 0 N–H and O–H groups in total. The zero-order valence-corrected chi connectivity index (χ0v) is 16.0. The molecule has 0 saturated carbocycles. The second-order valence-electron chi connectivity index (χ2n) is 6.70. The third-order valence-corrected chi connectivity index (χ3v) is 4.74. The number of hydrazone groups is 1. The quantitative estimate of drug-likeness (QED) is 0.603. The summed E-state index contributed by atoms with van der Waals surface area (Å²) in [6.45, 7) is 1.69. The lowest BCUT2D eigenvalue weighted by Gasteiger charge is -2.14. The number of methoxy groups -OCH3 is 1. The van der Waals surface area contributed by atoms with Crippen molar-refractivity contribution < 1.29 is 18.7 Å². The molecule has 1 aliphatic rings. The number of pyridine rings is 1. The highest BCUT2D eigenvalue weighted by molar-refractivity contribution is 6.27. The molecular formula is C22H19N3O4. The lowest BCUT2D eigenvalue weighted by atomic mass is 9.93. The molecule has 1 atom stereocenters. The van der Waals surface area contributed by atoms with E-state index in [1.807, 2.05) is 36.4 Å². The van der Waals surface area contributed by atoms with Crippen LogP contribution in [0.1, 0.15) is 12.5 Å². The molecule has 0 bridgehead atoms. The maximum absolute atomic E-state index is 12.9. The Balaban J connectivity index is 1.51. The first kappa shape index (κ1) is 18.6. The number of carbonyl (C=O) groups is 2. The number of anilines is 1. The van der Waals surface area contributed by atoms with Gasteiger partial charge in [-0.1, -0.05) is 18.2 Å². The molecule has 3 heterocycles. The van der Waals surface area contributed by atoms with Crippen LogP contribution in [0.4, 0.5) is 5.69 Å². The molecule has 146 valence electrons. The molecule has 7 nitrogen and oxygen atoms in total. The molecule has 0 radical (unpaired) electrons. The number of Topliss-reactive ketones (excluding diaryl/α,β-unsaturated/α-hetero) is 1. The fourth-order valence-electron chi connectivity index (χ4n) is 3.32. The van der Waals surface area contributed by atoms with Crippen LogP contribution in [0.15, 0.2) is 70.5 Å². The van der Waals surface area contributed by atoms with Crippen LogP contribution in [0, 0.1) is 5.92 Å². The summed E-state index contributed by atoms with van der Waals surface area (Å²) in [7, 11) is 1.51. The van der Waals surface area contributed by atoms with E-state index in [0.29, 0.717) is 17.3 Å². The van der Waals surface area contributed by atoms with Crippen molar-refractivity contribution in [3.8, 4) is 17.2 Å². The van der Waals surface area contributed by atoms with Gasteiger partial charge in [0.2, 0.25) is 5.88 Å². The van der Waals surface area contributed by atoms with Crippen LogP contribution in [0.25, 0.3) is 11.3 Å². The van der Waals surface area contributed by atoms with Crippen molar-refractivity contribution in [3.05, 3.63) is 66.6 Å². The number of benzene rings is 1. The first-order valence-corrected chi connectivity index (χ1v) is 9.11. The van der Waals surface area contributed by atoms with Gasteiger partial charge in [0.15, 0.2) is 5.78 Å². The van der Waals surface area contributed by atoms with Gasteiger partial charge in [-0.2, -0.15) is 10.1 Å². The molecule has 2 aromatic heterocycles. The number of furan rings is 1. The topological polar surface area (TPSA) is 85.0 Å². The molecule has 1 aromatic carbocycles. The van der Waals surface area contributed by atoms with Gasteiger partial charge in [-0.15, -0.1) is 0 Å². The number of amides is 1. The molecule has 7 heteroatoms. The molecule has 29 heavy (non-hydrogen) atoms. The standard InChI is InChI=1S/C22H19N3O4/c1-14-21(22(27)25(24-14)17-8-9-20(28-2)23-13-17)18(26)12-15-5-3-6-16(11-15)19-7-4-10-29-19/h3-11,13,21H,12H2,1-2H3. The fraction of sp³-hybridized carbons (Fsp3) is 0.182. The first-order chi connectivity index (χ1) is 14.1. The monoisotopic (exact) mass is 389 g/mol. The molecule has 0 spiro atoms. The Labute approximate surface area is 167 Å². The van der Waals surface area contributed by atoms with Crippen molar-refractivity contribution in [1.82, 2.24) is 4.98 Å². The van der Waals surface area contributed by atoms with Crippen LogP contribution < -0.4 is 9.75 Å². The number of rotatable bonds is 6. The van der Waals surface area contributed by atoms with E-state index in [1.54, 1.807) is 25.3 Å². The maximum atomic E-state index is 12.9. The fourth-order valence-corrected chi connectivity index (χ4v) is 3.32. The van der Waals surface area contributed by atoms with Gasteiger partial charge in [-0.05, 0) is 36.8 Å². The molecule has 4 rings (SSSR count). The van der Waals surface area contributed by atoms with Crippen LogP contribution in [-0.2, 0) is 16.0 Å². The molecule has 3 aromatic rings. The van der Waals surface area contributed by atoms with E-state index in [2.05, 4.69) is 10.1 Å². The summed E-state index contributed by atoms with van der Waals surface area (Å²) in [4.78, 5) is 29.9. The van der Waals surface area contributed by atoms with Crippen LogP contribution >= 0.6 is 0 Å². The van der Waals surface area contributed by atoms with Gasteiger partial charge in [0, 0.05) is 18.1 Å². The third-order valence-electron chi connectivity index (χ3n) is 4.74. The molecule has 0 saturated heterocycles. The second-order valence-corrected chi connectivity index (χ2v) is 6.70. The minimum Gasteiger partial charge on any atom is -0.481 e. The number of ether oxygens (including phenoxy) is 1. The average Bonchev–Trinajstić information content (AvgIpc) is 3.36. The van der Waals surface area contributed by atoms with Crippen LogP contribution in [0.5, 0.6) is 5.88 Å². The summed E-state index contributed by atoms with van der Waals surface area (Å²) < 4.78 is 10.4. The zero-order chi connectivity index (χ0) is 20.4. The zero-order valence-electron chi connectivity index (χ0n) is 16.0. The second kappa shape index (κ2) is 7.71. The SMILES string of the molecule is COc1ccc(N2N=C(C)C(C(=O)Cc3cccc(-c4ccco4)c3)C2=O)cn1. The molecule has 1 amide bonds. The van der Waals surface area contributed by atoms with E-state index in [4.69, 9.17) is 9.15 Å². The Morgan fingerprint density at radius 3 is 2.76 bits per heavy atom. The van der Waals surface area contributed by atoms with E-state index < -0.39 is 5.92 Å². The number of ketones is 1. The number of hydrogen-bond acceptors (Lipinski definition) is 6. The lowest BCUT2D eigenvalue weighted by molar-refractivity contribution is -0.128. The van der Waals surface area contributed by atoms with Gasteiger partial charge in [-0.25, -0.2) is 4.98 Å². The summed E-state index contributed by atoms with van der Waals surface area (Å²) in [6, 6.07) is 14.5. The van der Waals surface area contributed by atoms with E-state index in [1.165, 1.54) is 18.3 Å². The van der Waals surface area contributed by atoms with Gasteiger partial charge in [0.05, 0.1) is 31.0 Å². The molecule has 1 aliphatic heterocycles. The van der Waals surface area contributed by atoms with Gasteiger partial charge in [-0.3, -0.25) is 9.59 Å². The van der Waals surface area contributed by atoms with Gasteiger partial charge in [0.1, 0.15) is 11.7 Å². The summed E-state index contributed by atoms with van der Waals surface area (Å²) in [6.07, 6.45) is 3.23. The Morgan fingerprint density at radius 2 is 2.07 bits per heavy atom. The Bertz CT molecular complexity index is 1070. The van der Waals surface area contributed by atoms with E-state index in [9.17, 15) is 9.59 Å². The Morgan fingerprint density at radius 1 is 1.21 bits per heavy atom. The normalized spacial score (nSPS) is 16.1. The molecule has 0 aliphatic carbocycles. The highest BCUT2D eigenvalue weighted by atomic mass is 16.5. The van der Waals surface area contributed by atoms with Crippen LogP contribution in [0.3, 0.4) is 0 Å². The number of aromatic nitrogens is 1. The number of nitrogens with zero attached hydrogens (tertiary/aromatic N) is 3. The van der Waals surface area contributed by atoms with Crippen molar-refractivity contribution in [3.63, 3.8) is 0 Å². The summed E-state index contributed by atoms with van der Waals surface area (Å²) >= 11 is 0. The molecular weight excluding hydrogens is 370 g/mol. The molecule has 0 fully saturated rings. The van der Waals surface area contributed by atoms with E-state index >= 15 is 0 Å².